The Morgan fingerprint density at radius 2 is 2.13 bits per heavy atom. The van der Waals surface area contributed by atoms with Crippen molar-refractivity contribution < 1.29 is 9.32 Å². The van der Waals surface area contributed by atoms with Crippen molar-refractivity contribution in [3.8, 4) is 0 Å². The zero-order valence-corrected chi connectivity index (χ0v) is 14.1. The van der Waals surface area contributed by atoms with Gasteiger partial charge in [0, 0.05) is 44.6 Å². The summed E-state index contributed by atoms with van der Waals surface area (Å²) in [5.41, 5.74) is 1.70. The summed E-state index contributed by atoms with van der Waals surface area (Å²) in [6.07, 6.45) is 4.08. The molecule has 0 N–H and O–H groups in total. The molecule has 1 fully saturated rings. The monoisotopic (exact) mass is 317 g/mol. The minimum atomic E-state index is 0.117. The van der Waals surface area contributed by atoms with E-state index in [1.807, 2.05) is 36.6 Å². The number of hydrogen-bond donors (Lipinski definition) is 0. The molecule has 0 radical (unpaired) electrons. The van der Waals surface area contributed by atoms with Crippen LogP contribution in [0.1, 0.15) is 28.9 Å². The van der Waals surface area contributed by atoms with Crippen LogP contribution in [0.5, 0.6) is 0 Å². The Bertz CT molecular complexity index is 686. The summed E-state index contributed by atoms with van der Waals surface area (Å²) >= 11 is 0. The van der Waals surface area contributed by atoms with Crippen molar-refractivity contribution in [2.75, 3.05) is 26.7 Å². The van der Waals surface area contributed by atoms with E-state index in [2.05, 4.69) is 22.1 Å². The summed E-state index contributed by atoms with van der Waals surface area (Å²) in [6, 6.07) is 0.123. The van der Waals surface area contributed by atoms with Crippen LogP contribution in [-0.4, -0.2) is 57.1 Å². The van der Waals surface area contributed by atoms with Crippen LogP contribution in [0.2, 0.25) is 0 Å². The largest absolute Gasteiger partial charge is 0.361 e. The van der Waals surface area contributed by atoms with Gasteiger partial charge in [-0.05, 0) is 20.9 Å². The summed E-state index contributed by atoms with van der Waals surface area (Å²) in [4.78, 5) is 21.3. The molecule has 2 aromatic rings. The second-order valence-corrected chi connectivity index (χ2v) is 6.21. The Morgan fingerprint density at radius 3 is 2.74 bits per heavy atom. The highest BCUT2D eigenvalue weighted by molar-refractivity contribution is 5.79. The van der Waals surface area contributed by atoms with Gasteiger partial charge in [0.15, 0.2) is 0 Å². The molecule has 23 heavy (non-hydrogen) atoms. The van der Waals surface area contributed by atoms with Gasteiger partial charge in [-0.1, -0.05) is 5.16 Å². The minimum Gasteiger partial charge on any atom is -0.361 e. The van der Waals surface area contributed by atoms with Gasteiger partial charge in [0.1, 0.15) is 11.6 Å². The van der Waals surface area contributed by atoms with Crippen molar-refractivity contribution in [2.24, 2.45) is 7.05 Å². The van der Waals surface area contributed by atoms with E-state index in [4.69, 9.17) is 4.52 Å². The number of piperazine rings is 1. The normalized spacial score (nSPS) is 19.3. The van der Waals surface area contributed by atoms with Crippen molar-refractivity contribution in [2.45, 2.75) is 26.3 Å². The third kappa shape index (κ3) is 3.01. The molecule has 7 nitrogen and oxygen atoms in total. The molecule has 7 heteroatoms. The number of aryl methyl sites for hydroxylation is 3. The van der Waals surface area contributed by atoms with Crippen molar-refractivity contribution in [1.82, 2.24) is 24.5 Å². The molecule has 1 atom stereocenters. The molecular formula is C16H23N5O2. The average molecular weight is 317 g/mol. The van der Waals surface area contributed by atoms with E-state index in [1.54, 1.807) is 6.20 Å². The van der Waals surface area contributed by atoms with Crippen LogP contribution in [0.4, 0.5) is 0 Å². The molecule has 3 heterocycles. The van der Waals surface area contributed by atoms with E-state index in [0.29, 0.717) is 13.0 Å². The molecule has 0 bridgehead atoms. The average Bonchev–Trinajstić information content (AvgIpc) is 3.08. The summed E-state index contributed by atoms with van der Waals surface area (Å²) < 4.78 is 7.17. The van der Waals surface area contributed by atoms with Gasteiger partial charge in [-0.25, -0.2) is 4.98 Å². The zero-order chi connectivity index (χ0) is 16.6. The van der Waals surface area contributed by atoms with Gasteiger partial charge in [0.2, 0.25) is 5.91 Å². The Morgan fingerprint density at radius 1 is 1.35 bits per heavy atom. The molecule has 2 aromatic heterocycles. The first kappa shape index (κ1) is 15.7. The second kappa shape index (κ2) is 6.16. The van der Waals surface area contributed by atoms with Crippen LogP contribution < -0.4 is 0 Å². The third-order valence-corrected chi connectivity index (χ3v) is 4.67. The summed E-state index contributed by atoms with van der Waals surface area (Å²) in [7, 11) is 4.07. The van der Waals surface area contributed by atoms with Gasteiger partial charge in [0.05, 0.1) is 18.2 Å². The SMILES string of the molecule is Cc1noc(C)c1CC(=O)N1CCN(C)[C@H](c2nccn2C)C1. The van der Waals surface area contributed by atoms with E-state index in [1.165, 1.54) is 0 Å². The highest BCUT2D eigenvalue weighted by Gasteiger charge is 2.31. The van der Waals surface area contributed by atoms with Crippen molar-refractivity contribution >= 4 is 5.91 Å². The number of imidazole rings is 1. The molecule has 3 rings (SSSR count). The number of nitrogens with zero attached hydrogens (tertiary/aromatic N) is 5. The minimum absolute atomic E-state index is 0.117. The quantitative estimate of drug-likeness (QED) is 0.847. The van der Waals surface area contributed by atoms with Gasteiger partial charge < -0.3 is 14.0 Å². The number of hydrogen-bond acceptors (Lipinski definition) is 5. The third-order valence-electron chi connectivity index (χ3n) is 4.67. The Balaban J connectivity index is 1.73. The van der Waals surface area contributed by atoms with E-state index in [-0.39, 0.29) is 11.9 Å². The lowest BCUT2D eigenvalue weighted by Gasteiger charge is -2.39. The van der Waals surface area contributed by atoms with Crippen LogP contribution in [-0.2, 0) is 18.3 Å². The first-order valence-electron chi connectivity index (χ1n) is 7.84. The fourth-order valence-corrected chi connectivity index (χ4v) is 3.09. The van der Waals surface area contributed by atoms with E-state index in [9.17, 15) is 4.79 Å². The van der Waals surface area contributed by atoms with Gasteiger partial charge in [-0.3, -0.25) is 9.69 Å². The number of aromatic nitrogens is 3. The van der Waals surface area contributed by atoms with E-state index in [0.717, 1.165) is 35.9 Å². The number of likely N-dealkylation sites (N-methyl/N-ethyl adjacent to an activating group) is 1. The zero-order valence-electron chi connectivity index (χ0n) is 14.1. The number of carbonyl (C=O) groups excluding carboxylic acids is 1. The predicted molar refractivity (Wildman–Crippen MR) is 84.8 cm³/mol. The lowest BCUT2D eigenvalue weighted by Crippen LogP contribution is -2.50. The van der Waals surface area contributed by atoms with Gasteiger partial charge >= 0.3 is 0 Å². The molecule has 1 amide bonds. The molecule has 1 aliphatic heterocycles. The molecule has 0 aromatic carbocycles. The van der Waals surface area contributed by atoms with Crippen LogP contribution in [0, 0.1) is 13.8 Å². The molecule has 0 unspecified atom stereocenters. The Hall–Kier alpha value is -2.15. The fraction of sp³-hybridized carbons (Fsp3) is 0.562. The molecule has 0 aliphatic carbocycles. The van der Waals surface area contributed by atoms with E-state index >= 15 is 0 Å². The summed E-state index contributed by atoms with van der Waals surface area (Å²) in [5.74, 6) is 1.83. The summed E-state index contributed by atoms with van der Waals surface area (Å²) in [5, 5.41) is 3.93. The number of rotatable bonds is 3. The van der Waals surface area contributed by atoms with Gasteiger partial charge in [-0.2, -0.15) is 0 Å². The second-order valence-electron chi connectivity index (χ2n) is 6.21. The molecular weight excluding hydrogens is 294 g/mol. The lowest BCUT2D eigenvalue weighted by atomic mass is 10.1. The maximum atomic E-state index is 12.7. The van der Waals surface area contributed by atoms with Crippen LogP contribution >= 0.6 is 0 Å². The number of carbonyl (C=O) groups is 1. The highest BCUT2D eigenvalue weighted by atomic mass is 16.5. The fourth-order valence-electron chi connectivity index (χ4n) is 3.09. The molecule has 1 saturated heterocycles. The Labute approximate surface area is 135 Å². The smallest absolute Gasteiger partial charge is 0.227 e. The highest BCUT2D eigenvalue weighted by Crippen LogP contribution is 2.23. The first-order valence-corrected chi connectivity index (χ1v) is 7.84. The topological polar surface area (TPSA) is 67.4 Å². The summed E-state index contributed by atoms with van der Waals surface area (Å²) in [6.45, 7) is 5.96. The van der Waals surface area contributed by atoms with Crippen LogP contribution in [0.25, 0.3) is 0 Å². The number of amides is 1. The molecule has 124 valence electrons. The molecule has 0 saturated carbocycles. The standard InChI is InChI=1S/C16H23N5O2/c1-11-13(12(2)23-18-11)9-15(22)21-8-7-19(3)14(10-21)16-17-5-6-20(16)4/h5-6,14H,7-10H2,1-4H3/t14-/m0/s1. The van der Waals surface area contributed by atoms with Gasteiger partial charge in [-0.15, -0.1) is 0 Å². The predicted octanol–water partition coefficient (Wildman–Crippen LogP) is 1.08. The van der Waals surface area contributed by atoms with Crippen molar-refractivity contribution in [3.05, 3.63) is 35.2 Å². The Kier molecular flexibility index (Phi) is 4.21. The maximum absolute atomic E-state index is 12.7. The van der Waals surface area contributed by atoms with Crippen LogP contribution in [0.3, 0.4) is 0 Å². The van der Waals surface area contributed by atoms with Gasteiger partial charge in [0.25, 0.3) is 0 Å². The molecule has 0 spiro atoms. The first-order chi connectivity index (χ1) is 11.0. The lowest BCUT2D eigenvalue weighted by molar-refractivity contribution is -0.133. The maximum Gasteiger partial charge on any atom is 0.227 e. The van der Waals surface area contributed by atoms with Crippen molar-refractivity contribution in [3.63, 3.8) is 0 Å². The van der Waals surface area contributed by atoms with Crippen molar-refractivity contribution in [1.29, 1.82) is 0 Å². The van der Waals surface area contributed by atoms with E-state index < -0.39 is 0 Å². The molecule has 1 aliphatic rings. The van der Waals surface area contributed by atoms with Crippen LogP contribution in [0.15, 0.2) is 16.9 Å².